The van der Waals surface area contributed by atoms with Gasteiger partial charge < -0.3 is 29.6 Å². The van der Waals surface area contributed by atoms with Crippen molar-refractivity contribution >= 4 is 34.5 Å². The van der Waals surface area contributed by atoms with Crippen molar-refractivity contribution in [3.63, 3.8) is 0 Å². The Balaban J connectivity index is 1.43. The van der Waals surface area contributed by atoms with Crippen LogP contribution in [0.5, 0.6) is 5.75 Å². The fraction of sp³-hybridized carbons (Fsp3) is 0.310. The maximum absolute atomic E-state index is 13.6. The number of benzene rings is 2. The Bertz CT molecular complexity index is 1460. The van der Waals surface area contributed by atoms with Crippen molar-refractivity contribution in [2.24, 2.45) is 0 Å². The standard InChI is InChI=1S/C29H32FN7O3/c1-20(30)28(38)36-14-6-9-23(18-36)37-19-32-25-26(31-17-21-7-4-3-5-8-21)34-29(35-27(25)37)33-22-10-12-24(13-11-22)40-16-15-39-2/h3-5,7-8,10-13,19,23H,1,6,9,14-18H2,2H3,(H2,31,33,34,35)/t23-/m0/s1. The van der Waals surface area contributed by atoms with Crippen molar-refractivity contribution < 1.29 is 18.7 Å². The predicted molar refractivity (Wildman–Crippen MR) is 151 cm³/mol. The highest BCUT2D eigenvalue weighted by atomic mass is 19.1. The largest absolute Gasteiger partial charge is 0.491 e. The van der Waals surface area contributed by atoms with Gasteiger partial charge in [-0.15, -0.1) is 0 Å². The van der Waals surface area contributed by atoms with E-state index in [4.69, 9.17) is 19.4 Å². The number of halogens is 1. The molecule has 1 aliphatic heterocycles. The van der Waals surface area contributed by atoms with Crippen molar-refractivity contribution in [1.82, 2.24) is 24.4 Å². The van der Waals surface area contributed by atoms with Gasteiger partial charge in [0.2, 0.25) is 5.95 Å². The summed E-state index contributed by atoms with van der Waals surface area (Å²) in [4.78, 5) is 27.9. The molecule has 1 amide bonds. The van der Waals surface area contributed by atoms with E-state index in [1.165, 1.54) is 4.90 Å². The van der Waals surface area contributed by atoms with Crippen LogP contribution in [0.1, 0.15) is 24.4 Å². The van der Waals surface area contributed by atoms with Gasteiger partial charge in [0.1, 0.15) is 12.4 Å². The van der Waals surface area contributed by atoms with Crippen LogP contribution in [0, 0.1) is 0 Å². The topological polar surface area (TPSA) is 106 Å². The summed E-state index contributed by atoms with van der Waals surface area (Å²) in [6, 6.07) is 17.4. The molecule has 0 spiro atoms. The van der Waals surface area contributed by atoms with E-state index in [-0.39, 0.29) is 6.04 Å². The van der Waals surface area contributed by atoms with Crippen LogP contribution in [-0.2, 0) is 16.1 Å². The molecule has 0 unspecified atom stereocenters. The number of nitrogens with zero attached hydrogens (tertiary/aromatic N) is 5. The average molecular weight is 546 g/mol. The molecule has 2 aromatic heterocycles. The zero-order valence-electron chi connectivity index (χ0n) is 22.3. The normalized spacial score (nSPS) is 15.2. The molecule has 3 heterocycles. The zero-order valence-corrected chi connectivity index (χ0v) is 22.3. The molecule has 0 radical (unpaired) electrons. The molecule has 0 saturated carbocycles. The number of hydrogen-bond donors (Lipinski definition) is 2. The van der Waals surface area contributed by atoms with Gasteiger partial charge in [-0.25, -0.2) is 9.37 Å². The van der Waals surface area contributed by atoms with E-state index >= 15 is 0 Å². The van der Waals surface area contributed by atoms with Gasteiger partial charge in [-0.05, 0) is 42.7 Å². The third-order valence-electron chi connectivity index (χ3n) is 6.70. The van der Waals surface area contributed by atoms with Crippen LogP contribution in [-0.4, -0.2) is 63.7 Å². The van der Waals surface area contributed by atoms with E-state index in [0.29, 0.717) is 55.8 Å². The minimum atomic E-state index is -0.951. The van der Waals surface area contributed by atoms with Crippen LogP contribution in [0.25, 0.3) is 11.2 Å². The lowest BCUT2D eigenvalue weighted by Crippen LogP contribution is -2.40. The van der Waals surface area contributed by atoms with E-state index in [1.54, 1.807) is 13.4 Å². The third-order valence-corrected chi connectivity index (χ3v) is 6.70. The van der Waals surface area contributed by atoms with E-state index in [2.05, 4.69) is 22.2 Å². The lowest BCUT2D eigenvalue weighted by Gasteiger charge is -2.33. The summed E-state index contributed by atoms with van der Waals surface area (Å²) >= 11 is 0. The molecule has 0 aliphatic carbocycles. The fourth-order valence-electron chi connectivity index (χ4n) is 4.69. The van der Waals surface area contributed by atoms with E-state index in [9.17, 15) is 9.18 Å². The molecule has 5 rings (SSSR count). The highest BCUT2D eigenvalue weighted by Gasteiger charge is 2.28. The minimum Gasteiger partial charge on any atom is -0.491 e. The Morgan fingerprint density at radius 2 is 1.93 bits per heavy atom. The second-order valence-electron chi connectivity index (χ2n) is 9.50. The molecule has 1 atom stereocenters. The zero-order chi connectivity index (χ0) is 27.9. The lowest BCUT2D eigenvalue weighted by molar-refractivity contribution is -0.130. The molecule has 0 bridgehead atoms. The van der Waals surface area contributed by atoms with Gasteiger partial charge >= 0.3 is 0 Å². The first kappa shape index (κ1) is 27.1. The van der Waals surface area contributed by atoms with E-state index < -0.39 is 11.7 Å². The van der Waals surface area contributed by atoms with Crippen molar-refractivity contribution in [2.75, 3.05) is 44.0 Å². The number of anilines is 3. The molecule has 1 fully saturated rings. The van der Waals surface area contributed by atoms with Crippen molar-refractivity contribution in [2.45, 2.75) is 25.4 Å². The molecule has 10 nitrogen and oxygen atoms in total. The third kappa shape index (κ3) is 6.37. The maximum Gasteiger partial charge on any atom is 0.282 e. The number of piperidine rings is 1. The second kappa shape index (κ2) is 12.6. The number of carbonyl (C=O) groups is 1. The summed E-state index contributed by atoms with van der Waals surface area (Å²) in [5, 5.41) is 6.68. The van der Waals surface area contributed by atoms with Gasteiger partial charge in [0.05, 0.1) is 19.0 Å². The van der Waals surface area contributed by atoms with Gasteiger partial charge in [-0.2, -0.15) is 9.97 Å². The molecule has 4 aromatic rings. The first-order valence-electron chi connectivity index (χ1n) is 13.2. The summed E-state index contributed by atoms with van der Waals surface area (Å²) in [6.07, 6.45) is 3.25. The van der Waals surface area contributed by atoms with Gasteiger partial charge in [0.25, 0.3) is 5.91 Å². The molecule has 2 aromatic carbocycles. The van der Waals surface area contributed by atoms with Crippen molar-refractivity contribution in [3.05, 3.63) is 78.9 Å². The molecular weight excluding hydrogens is 513 g/mol. The predicted octanol–water partition coefficient (Wildman–Crippen LogP) is 4.85. The average Bonchev–Trinajstić information content (AvgIpc) is 3.41. The SMILES string of the molecule is C=C(F)C(=O)N1CCC[C@H](n2cnc3c(NCc4ccccc4)nc(Nc4ccc(OCCOC)cc4)nc32)C1. The molecule has 1 saturated heterocycles. The van der Waals surface area contributed by atoms with Crippen LogP contribution >= 0.6 is 0 Å². The molecular formula is C29H32FN7O3. The summed E-state index contributed by atoms with van der Waals surface area (Å²) in [6.45, 7) is 5.53. The Morgan fingerprint density at radius 3 is 2.67 bits per heavy atom. The number of ether oxygens (including phenoxy) is 2. The van der Waals surface area contributed by atoms with Gasteiger partial charge in [-0.3, -0.25) is 4.79 Å². The minimum absolute atomic E-state index is 0.115. The number of amides is 1. The summed E-state index contributed by atoms with van der Waals surface area (Å²) in [7, 11) is 1.63. The van der Waals surface area contributed by atoms with Crippen molar-refractivity contribution in [3.8, 4) is 5.75 Å². The Hall–Kier alpha value is -4.51. The van der Waals surface area contributed by atoms with Gasteiger partial charge in [-0.1, -0.05) is 36.9 Å². The van der Waals surface area contributed by atoms with E-state index in [1.807, 2.05) is 59.2 Å². The number of likely N-dealkylation sites (tertiary alicyclic amines) is 1. The molecule has 11 heteroatoms. The van der Waals surface area contributed by atoms with Crippen LogP contribution in [0.3, 0.4) is 0 Å². The molecule has 208 valence electrons. The fourth-order valence-corrected chi connectivity index (χ4v) is 4.69. The number of carbonyl (C=O) groups excluding carboxylic acids is 1. The lowest BCUT2D eigenvalue weighted by atomic mass is 10.1. The first-order chi connectivity index (χ1) is 19.5. The van der Waals surface area contributed by atoms with Crippen LogP contribution in [0.15, 0.2) is 73.3 Å². The van der Waals surface area contributed by atoms with Crippen molar-refractivity contribution in [1.29, 1.82) is 0 Å². The smallest absolute Gasteiger partial charge is 0.282 e. The summed E-state index contributed by atoms with van der Waals surface area (Å²) < 4.78 is 26.2. The molecule has 40 heavy (non-hydrogen) atoms. The van der Waals surface area contributed by atoms with Gasteiger partial charge in [0.15, 0.2) is 22.8 Å². The highest BCUT2D eigenvalue weighted by Crippen LogP contribution is 2.30. The first-order valence-corrected chi connectivity index (χ1v) is 13.2. The summed E-state index contributed by atoms with van der Waals surface area (Å²) in [5.74, 6) is 0.0716. The number of fused-ring (bicyclic) bond motifs is 1. The molecule has 2 N–H and O–H groups in total. The van der Waals surface area contributed by atoms with Crippen LogP contribution in [0.2, 0.25) is 0 Å². The maximum atomic E-state index is 13.6. The highest BCUT2D eigenvalue weighted by molar-refractivity contribution is 5.90. The quantitative estimate of drug-likeness (QED) is 0.203. The number of hydrogen-bond acceptors (Lipinski definition) is 8. The number of methoxy groups -OCH3 is 1. The second-order valence-corrected chi connectivity index (χ2v) is 9.50. The van der Waals surface area contributed by atoms with Crippen LogP contribution in [0.4, 0.5) is 21.8 Å². The Kier molecular flexibility index (Phi) is 8.50. The van der Waals surface area contributed by atoms with E-state index in [0.717, 1.165) is 29.8 Å². The number of rotatable bonds is 11. The van der Waals surface area contributed by atoms with Crippen LogP contribution < -0.4 is 15.4 Å². The number of aromatic nitrogens is 4. The Labute approximate surface area is 231 Å². The Morgan fingerprint density at radius 1 is 1.12 bits per heavy atom. The number of imidazole rings is 1. The number of nitrogens with one attached hydrogen (secondary N) is 2. The van der Waals surface area contributed by atoms with Gasteiger partial charge in [0, 0.05) is 32.4 Å². The summed E-state index contributed by atoms with van der Waals surface area (Å²) in [5.41, 5.74) is 3.11. The molecule has 1 aliphatic rings. The monoisotopic (exact) mass is 545 g/mol.